The van der Waals surface area contributed by atoms with Crippen LogP contribution in [0.25, 0.3) is 0 Å². The number of benzene rings is 1. The maximum absolute atomic E-state index is 11.8. The Hall–Kier alpha value is -2.57. The molecule has 1 heterocycles. The highest BCUT2D eigenvalue weighted by Crippen LogP contribution is 2.21. The quantitative estimate of drug-likeness (QED) is 0.855. The van der Waals surface area contributed by atoms with E-state index < -0.39 is 0 Å². The number of aryl methyl sites for hydroxylation is 2. The number of nitrogens with one attached hydrogen (secondary N) is 2. The third kappa shape index (κ3) is 4.47. The first-order valence-electron chi connectivity index (χ1n) is 7.16. The number of carbonyl (C=O) groups excluding carboxylic acids is 1. The van der Waals surface area contributed by atoms with Crippen molar-refractivity contribution >= 4 is 11.7 Å². The Balaban J connectivity index is 1.80. The second-order valence-corrected chi connectivity index (χ2v) is 4.78. The first kappa shape index (κ1) is 15.8. The lowest BCUT2D eigenvalue weighted by Gasteiger charge is -2.10. The topological polar surface area (TPSA) is 89.3 Å². The van der Waals surface area contributed by atoms with Crippen LogP contribution in [0, 0.1) is 13.8 Å². The Kier molecular flexibility index (Phi) is 5.35. The number of urea groups is 1. The van der Waals surface area contributed by atoms with Crippen LogP contribution in [0.15, 0.2) is 22.7 Å². The fourth-order valence-corrected chi connectivity index (χ4v) is 1.94. The van der Waals surface area contributed by atoms with Crippen LogP contribution in [-0.4, -0.2) is 29.3 Å². The van der Waals surface area contributed by atoms with Crippen LogP contribution in [0.2, 0.25) is 0 Å². The summed E-state index contributed by atoms with van der Waals surface area (Å²) >= 11 is 0. The molecule has 0 saturated heterocycles. The molecule has 0 saturated carbocycles. The van der Waals surface area contributed by atoms with Crippen LogP contribution in [-0.2, 0) is 6.42 Å². The molecule has 118 valence electrons. The second kappa shape index (κ2) is 7.44. The predicted molar refractivity (Wildman–Crippen MR) is 82.1 cm³/mol. The molecule has 0 aliphatic rings. The van der Waals surface area contributed by atoms with Crippen molar-refractivity contribution in [2.45, 2.75) is 27.2 Å². The molecule has 2 aromatic rings. The summed E-state index contributed by atoms with van der Waals surface area (Å²) in [6.45, 7) is 6.66. The Morgan fingerprint density at radius 3 is 2.82 bits per heavy atom. The molecular weight excluding hydrogens is 284 g/mol. The van der Waals surface area contributed by atoms with Gasteiger partial charge in [0, 0.05) is 18.7 Å². The first-order valence-corrected chi connectivity index (χ1v) is 7.16. The molecule has 0 spiro atoms. The fraction of sp³-hybridized carbons (Fsp3) is 0.400. The molecule has 0 bridgehead atoms. The zero-order chi connectivity index (χ0) is 15.9. The number of carbonyl (C=O) groups is 1. The second-order valence-electron chi connectivity index (χ2n) is 4.78. The van der Waals surface area contributed by atoms with Crippen molar-refractivity contribution < 1.29 is 14.1 Å². The Morgan fingerprint density at radius 2 is 2.18 bits per heavy atom. The molecule has 0 radical (unpaired) electrons. The summed E-state index contributed by atoms with van der Waals surface area (Å²) in [6.07, 6.45) is 0.497. The van der Waals surface area contributed by atoms with Gasteiger partial charge in [0.25, 0.3) is 0 Å². The van der Waals surface area contributed by atoms with Gasteiger partial charge in [-0.15, -0.1) is 0 Å². The minimum Gasteiger partial charge on any atom is -0.494 e. The van der Waals surface area contributed by atoms with Crippen molar-refractivity contribution in [3.05, 3.63) is 35.5 Å². The van der Waals surface area contributed by atoms with Gasteiger partial charge in [-0.05, 0) is 44.5 Å². The van der Waals surface area contributed by atoms with Crippen molar-refractivity contribution in [1.29, 1.82) is 0 Å². The standard InChI is InChI=1S/C15H20N4O3/c1-4-21-13-6-5-12(9-10(13)2)18-15(20)16-8-7-14-17-11(3)19-22-14/h5-6,9H,4,7-8H2,1-3H3,(H2,16,18,20). The number of nitrogens with zero attached hydrogens (tertiary/aromatic N) is 2. The van der Waals surface area contributed by atoms with Crippen molar-refractivity contribution in [3.63, 3.8) is 0 Å². The van der Waals surface area contributed by atoms with Gasteiger partial charge in [-0.3, -0.25) is 0 Å². The molecule has 1 aromatic carbocycles. The van der Waals surface area contributed by atoms with E-state index in [4.69, 9.17) is 9.26 Å². The molecule has 0 aliphatic heterocycles. The molecule has 2 N–H and O–H groups in total. The van der Waals surface area contributed by atoms with Gasteiger partial charge in [0.15, 0.2) is 5.82 Å². The Labute approximate surface area is 129 Å². The Bertz CT molecular complexity index is 639. The van der Waals surface area contributed by atoms with E-state index in [1.54, 1.807) is 13.0 Å². The van der Waals surface area contributed by atoms with Crippen LogP contribution in [0.5, 0.6) is 5.75 Å². The predicted octanol–water partition coefficient (Wildman–Crippen LogP) is 2.45. The lowest BCUT2D eigenvalue weighted by atomic mass is 10.2. The summed E-state index contributed by atoms with van der Waals surface area (Å²) in [7, 11) is 0. The highest BCUT2D eigenvalue weighted by Gasteiger charge is 2.06. The summed E-state index contributed by atoms with van der Waals surface area (Å²) in [5.41, 5.74) is 1.69. The van der Waals surface area contributed by atoms with E-state index in [0.717, 1.165) is 11.3 Å². The maximum atomic E-state index is 11.8. The molecule has 0 atom stereocenters. The summed E-state index contributed by atoms with van der Waals surface area (Å²) < 4.78 is 10.4. The molecule has 22 heavy (non-hydrogen) atoms. The molecular formula is C15H20N4O3. The molecule has 2 rings (SSSR count). The number of aromatic nitrogens is 2. The first-order chi connectivity index (χ1) is 10.6. The van der Waals surface area contributed by atoms with Gasteiger partial charge in [0.05, 0.1) is 6.61 Å². The molecule has 7 nitrogen and oxygen atoms in total. The summed E-state index contributed by atoms with van der Waals surface area (Å²) in [5, 5.41) is 9.20. The average Bonchev–Trinajstić information content (AvgIpc) is 2.88. The van der Waals surface area contributed by atoms with Crippen LogP contribution in [0.1, 0.15) is 24.2 Å². The number of amides is 2. The van der Waals surface area contributed by atoms with E-state index >= 15 is 0 Å². The highest BCUT2D eigenvalue weighted by molar-refractivity contribution is 5.89. The zero-order valence-electron chi connectivity index (χ0n) is 13.0. The summed E-state index contributed by atoms with van der Waals surface area (Å²) in [4.78, 5) is 15.9. The van der Waals surface area contributed by atoms with Gasteiger partial charge in [0.1, 0.15) is 5.75 Å². The van der Waals surface area contributed by atoms with Gasteiger partial charge in [-0.1, -0.05) is 5.16 Å². The number of rotatable bonds is 6. The SMILES string of the molecule is CCOc1ccc(NC(=O)NCCc2nc(C)no2)cc1C. The van der Waals surface area contributed by atoms with Gasteiger partial charge in [0.2, 0.25) is 5.89 Å². The van der Waals surface area contributed by atoms with Gasteiger partial charge < -0.3 is 19.9 Å². The largest absolute Gasteiger partial charge is 0.494 e. The van der Waals surface area contributed by atoms with Crippen molar-refractivity contribution in [2.75, 3.05) is 18.5 Å². The molecule has 7 heteroatoms. The van der Waals surface area contributed by atoms with Crippen LogP contribution in [0.3, 0.4) is 0 Å². The highest BCUT2D eigenvalue weighted by atomic mass is 16.5. The van der Waals surface area contributed by atoms with Gasteiger partial charge >= 0.3 is 6.03 Å². The summed E-state index contributed by atoms with van der Waals surface area (Å²) in [6, 6.07) is 5.24. The van der Waals surface area contributed by atoms with Crippen LogP contribution < -0.4 is 15.4 Å². The van der Waals surface area contributed by atoms with E-state index in [1.807, 2.05) is 26.0 Å². The van der Waals surface area contributed by atoms with Gasteiger partial charge in [-0.25, -0.2) is 4.79 Å². The lowest BCUT2D eigenvalue weighted by Crippen LogP contribution is -2.30. The smallest absolute Gasteiger partial charge is 0.319 e. The maximum Gasteiger partial charge on any atom is 0.319 e. The fourth-order valence-electron chi connectivity index (χ4n) is 1.94. The molecule has 1 aromatic heterocycles. The van der Waals surface area contributed by atoms with Crippen LogP contribution in [0.4, 0.5) is 10.5 Å². The zero-order valence-corrected chi connectivity index (χ0v) is 13.0. The van der Waals surface area contributed by atoms with Crippen LogP contribution >= 0.6 is 0 Å². The van der Waals surface area contributed by atoms with E-state index in [9.17, 15) is 4.79 Å². The number of anilines is 1. The third-order valence-corrected chi connectivity index (χ3v) is 2.93. The minimum atomic E-state index is -0.278. The minimum absolute atomic E-state index is 0.278. The van der Waals surface area contributed by atoms with E-state index in [0.29, 0.717) is 37.0 Å². The average molecular weight is 304 g/mol. The number of hydrogen-bond acceptors (Lipinski definition) is 5. The van der Waals surface area contributed by atoms with Gasteiger partial charge in [-0.2, -0.15) is 4.98 Å². The third-order valence-electron chi connectivity index (χ3n) is 2.93. The Morgan fingerprint density at radius 1 is 1.36 bits per heavy atom. The normalized spacial score (nSPS) is 10.3. The summed E-state index contributed by atoms with van der Waals surface area (Å²) in [5.74, 6) is 1.92. The molecule has 0 aliphatic carbocycles. The van der Waals surface area contributed by atoms with Crippen molar-refractivity contribution in [1.82, 2.24) is 15.5 Å². The van der Waals surface area contributed by atoms with Crippen molar-refractivity contribution in [2.24, 2.45) is 0 Å². The van der Waals surface area contributed by atoms with E-state index in [-0.39, 0.29) is 6.03 Å². The number of hydrogen-bond donors (Lipinski definition) is 2. The van der Waals surface area contributed by atoms with E-state index in [1.165, 1.54) is 0 Å². The number of ether oxygens (including phenoxy) is 1. The molecule has 0 unspecified atom stereocenters. The van der Waals surface area contributed by atoms with Crippen molar-refractivity contribution in [3.8, 4) is 5.75 Å². The van der Waals surface area contributed by atoms with E-state index in [2.05, 4.69) is 20.8 Å². The monoisotopic (exact) mass is 304 g/mol. The molecule has 2 amide bonds. The lowest BCUT2D eigenvalue weighted by molar-refractivity contribution is 0.252. The molecule has 0 fully saturated rings.